The summed E-state index contributed by atoms with van der Waals surface area (Å²) < 4.78 is 1.88. The number of carbonyl (C=O) groups excluding carboxylic acids is 2. The van der Waals surface area contributed by atoms with E-state index in [1.807, 2.05) is 16.7 Å². The molecule has 116 valence electrons. The zero-order chi connectivity index (χ0) is 15.9. The van der Waals surface area contributed by atoms with Crippen LogP contribution in [-0.2, 0) is 9.59 Å². The van der Waals surface area contributed by atoms with E-state index >= 15 is 0 Å². The molecule has 1 saturated heterocycles. The van der Waals surface area contributed by atoms with Gasteiger partial charge < -0.3 is 4.57 Å². The first-order valence-electron chi connectivity index (χ1n) is 7.70. The van der Waals surface area contributed by atoms with Crippen LogP contribution >= 0.6 is 0 Å². The minimum Gasteiger partial charge on any atom is -0.318 e. The minimum absolute atomic E-state index is 0.0314. The zero-order valence-electron chi connectivity index (χ0n) is 13.2. The van der Waals surface area contributed by atoms with E-state index in [-0.39, 0.29) is 23.3 Å². The van der Waals surface area contributed by atoms with Crippen molar-refractivity contribution in [2.75, 3.05) is 0 Å². The highest BCUT2D eigenvalue weighted by Crippen LogP contribution is 2.35. The van der Waals surface area contributed by atoms with E-state index in [2.05, 4.69) is 43.2 Å². The number of imidazole rings is 1. The van der Waals surface area contributed by atoms with Crippen LogP contribution in [0.25, 0.3) is 12.2 Å². The molecule has 22 heavy (non-hydrogen) atoms. The number of fused-ring (bicyclic) bond motifs is 1. The molecule has 1 N–H and O–H groups in total. The monoisotopic (exact) mass is 299 g/mol. The average Bonchev–Trinajstić information content (AvgIpc) is 2.77. The summed E-state index contributed by atoms with van der Waals surface area (Å²) in [6.45, 7) is 6.56. The molecule has 2 atom stereocenters. The van der Waals surface area contributed by atoms with Crippen LogP contribution in [0.5, 0.6) is 0 Å². The highest BCUT2D eigenvalue weighted by molar-refractivity contribution is 5.99. The van der Waals surface area contributed by atoms with Crippen LogP contribution in [0.2, 0.25) is 0 Å². The van der Waals surface area contributed by atoms with Gasteiger partial charge in [-0.15, -0.1) is 0 Å². The molecule has 0 aromatic carbocycles. The first-order chi connectivity index (χ1) is 10.4. The summed E-state index contributed by atoms with van der Waals surface area (Å²) in [5.74, 6) is 0.0213. The Labute approximate surface area is 130 Å². The Morgan fingerprint density at radius 3 is 2.73 bits per heavy atom. The number of hydrogen-bond acceptors (Lipinski definition) is 3. The lowest BCUT2D eigenvalue weighted by Gasteiger charge is -2.26. The topological polar surface area (TPSA) is 64.0 Å². The van der Waals surface area contributed by atoms with Crippen molar-refractivity contribution in [3.8, 4) is 0 Å². The fourth-order valence-corrected chi connectivity index (χ4v) is 2.84. The second-order valence-corrected chi connectivity index (χ2v) is 6.58. The van der Waals surface area contributed by atoms with Crippen molar-refractivity contribution in [1.82, 2.24) is 14.9 Å². The molecule has 2 amide bonds. The Morgan fingerprint density at radius 2 is 2.05 bits per heavy atom. The number of aromatic nitrogens is 2. The summed E-state index contributed by atoms with van der Waals surface area (Å²) in [7, 11) is 0. The van der Waals surface area contributed by atoms with E-state index in [1.54, 1.807) is 6.33 Å². The second kappa shape index (κ2) is 5.23. The third-order valence-electron chi connectivity index (χ3n) is 4.85. The van der Waals surface area contributed by atoms with E-state index in [9.17, 15) is 9.59 Å². The van der Waals surface area contributed by atoms with Gasteiger partial charge in [-0.05, 0) is 24.5 Å². The van der Waals surface area contributed by atoms with Gasteiger partial charge in [0.05, 0.1) is 17.7 Å². The second-order valence-electron chi connectivity index (χ2n) is 6.58. The lowest BCUT2D eigenvalue weighted by Crippen LogP contribution is -2.41. The Hall–Kier alpha value is -2.17. The molecule has 2 heterocycles. The van der Waals surface area contributed by atoms with Crippen LogP contribution in [0.1, 0.15) is 51.0 Å². The van der Waals surface area contributed by atoms with Crippen LogP contribution < -0.4 is 5.32 Å². The molecule has 1 aromatic heterocycles. The molecule has 5 nitrogen and oxygen atoms in total. The predicted octanol–water partition coefficient (Wildman–Crippen LogP) is 2.56. The van der Waals surface area contributed by atoms with Crippen LogP contribution in [0, 0.1) is 11.3 Å². The Morgan fingerprint density at radius 1 is 1.32 bits per heavy atom. The number of piperidine rings is 1. The SMILES string of the molecule is CC(C)C1(C)C=Cc2ncn(C3CCC(=O)NC3=O)c2C=C1. The maximum absolute atomic E-state index is 12.1. The smallest absolute Gasteiger partial charge is 0.249 e. The molecule has 5 heteroatoms. The molecule has 1 aliphatic carbocycles. The Balaban J connectivity index is 1.97. The quantitative estimate of drug-likeness (QED) is 0.854. The number of hydrogen-bond donors (Lipinski definition) is 1. The van der Waals surface area contributed by atoms with Gasteiger partial charge in [-0.25, -0.2) is 4.98 Å². The van der Waals surface area contributed by atoms with Gasteiger partial charge in [0.1, 0.15) is 6.04 Å². The molecule has 2 aliphatic rings. The number of rotatable bonds is 2. The molecule has 0 bridgehead atoms. The van der Waals surface area contributed by atoms with Gasteiger partial charge >= 0.3 is 0 Å². The van der Waals surface area contributed by atoms with Crippen LogP contribution in [-0.4, -0.2) is 21.4 Å². The van der Waals surface area contributed by atoms with Gasteiger partial charge in [0.2, 0.25) is 11.8 Å². The van der Waals surface area contributed by atoms with E-state index in [0.29, 0.717) is 18.8 Å². The maximum atomic E-state index is 12.1. The Bertz CT molecular complexity index is 684. The van der Waals surface area contributed by atoms with Crippen molar-refractivity contribution >= 4 is 24.0 Å². The number of nitrogens with zero attached hydrogens (tertiary/aromatic N) is 2. The predicted molar refractivity (Wildman–Crippen MR) is 84.7 cm³/mol. The van der Waals surface area contributed by atoms with E-state index < -0.39 is 0 Å². The largest absolute Gasteiger partial charge is 0.318 e. The molecule has 2 unspecified atom stereocenters. The van der Waals surface area contributed by atoms with Gasteiger partial charge in [-0.2, -0.15) is 0 Å². The average molecular weight is 299 g/mol. The van der Waals surface area contributed by atoms with Gasteiger partial charge in [-0.3, -0.25) is 14.9 Å². The fraction of sp³-hybridized carbons (Fsp3) is 0.471. The number of nitrogens with one attached hydrogen (secondary N) is 1. The van der Waals surface area contributed by atoms with Gasteiger partial charge in [0.25, 0.3) is 0 Å². The summed E-state index contributed by atoms with van der Waals surface area (Å²) in [6, 6.07) is -0.365. The molecule has 3 rings (SSSR count). The van der Waals surface area contributed by atoms with E-state index in [4.69, 9.17) is 0 Å². The summed E-state index contributed by atoms with van der Waals surface area (Å²) in [6.07, 6.45) is 11.0. The normalized spacial score (nSPS) is 27.7. The molecule has 0 radical (unpaired) electrons. The van der Waals surface area contributed by atoms with Gasteiger partial charge in [0, 0.05) is 11.8 Å². The van der Waals surface area contributed by atoms with Crippen molar-refractivity contribution < 1.29 is 9.59 Å². The van der Waals surface area contributed by atoms with Crippen LogP contribution in [0.4, 0.5) is 0 Å². The summed E-state index contributed by atoms with van der Waals surface area (Å²) in [5, 5.41) is 2.41. The van der Waals surface area contributed by atoms with Gasteiger partial charge in [0.15, 0.2) is 0 Å². The fourth-order valence-electron chi connectivity index (χ4n) is 2.84. The van der Waals surface area contributed by atoms with Crippen LogP contribution in [0.15, 0.2) is 18.5 Å². The van der Waals surface area contributed by atoms with Crippen molar-refractivity contribution in [3.05, 3.63) is 29.9 Å². The zero-order valence-corrected chi connectivity index (χ0v) is 13.2. The summed E-state index contributed by atoms with van der Waals surface area (Å²) >= 11 is 0. The molecular formula is C17H21N3O2. The number of allylic oxidation sites excluding steroid dienone is 2. The van der Waals surface area contributed by atoms with Gasteiger partial charge in [-0.1, -0.05) is 32.9 Å². The molecule has 1 fully saturated rings. The van der Waals surface area contributed by atoms with Crippen molar-refractivity contribution in [1.29, 1.82) is 0 Å². The van der Waals surface area contributed by atoms with Crippen molar-refractivity contribution in [3.63, 3.8) is 0 Å². The number of imide groups is 1. The molecular weight excluding hydrogens is 278 g/mol. The number of amides is 2. The first-order valence-corrected chi connectivity index (χ1v) is 7.70. The number of carbonyl (C=O) groups is 2. The lowest BCUT2D eigenvalue weighted by molar-refractivity contribution is -0.135. The summed E-state index contributed by atoms with van der Waals surface area (Å²) in [5.41, 5.74) is 1.76. The highest BCUT2D eigenvalue weighted by Gasteiger charge is 2.31. The highest BCUT2D eigenvalue weighted by atomic mass is 16.2. The lowest BCUT2D eigenvalue weighted by atomic mass is 9.79. The van der Waals surface area contributed by atoms with E-state index in [0.717, 1.165) is 11.4 Å². The Kier molecular flexibility index (Phi) is 3.51. The summed E-state index contributed by atoms with van der Waals surface area (Å²) in [4.78, 5) is 27.8. The molecule has 0 saturated carbocycles. The minimum atomic E-state index is -0.365. The van der Waals surface area contributed by atoms with Crippen molar-refractivity contribution in [2.45, 2.75) is 39.7 Å². The third kappa shape index (κ3) is 2.40. The maximum Gasteiger partial charge on any atom is 0.249 e. The molecule has 1 aromatic rings. The van der Waals surface area contributed by atoms with Crippen LogP contribution in [0.3, 0.4) is 0 Å². The standard InChI is InChI=1S/C17H21N3O2/c1-11(2)17(3)8-6-12-13(7-9-17)20(10-18-12)14-4-5-15(21)19-16(14)22/h6-11,14H,4-5H2,1-3H3,(H,19,21,22). The third-order valence-corrected chi connectivity index (χ3v) is 4.85. The first kappa shape index (κ1) is 14.8. The van der Waals surface area contributed by atoms with Crippen molar-refractivity contribution in [2.24, 2.45) is 11.3 Å². The van der Waals surface area contributed by atoms with E-state index in [1.165, 1.54) is 0 Å². The molecule has 1 aliphatic heterocycles. The molecule has 0 spiro atoms.